The van der Waals surface area contributed by atoms with Gasteiger partial charge >= 0.3 is 5.97 Å². The van der Waals surface area contributed by atoms with Crippen LogP contribution in [0.5, 0.6) is 5.75 Å². The van der Waals surface area contributed by atoms with Crippen LogP contribution in [-0.2, 0) is 0 Å². The zero-order chi connectivity index (χ0) is 14.0. The number of nitrogens with zero attached hydrogens (tertiary/aromatic N) is 1. The smallest absolute Gasteiger partial charge is 0.357 e. The summed E-state index contributed by atoms with van der Waals surface area (Å²) in [5.41, 5.74) is 3.20. The molecule has 0 atom stereocenters. The summed E-state index contributed by atoms with van der Waals surface area (Å²) >= 11 is 0. The van der Waals surface area contributed by atoms with Gasteiger partial charge in [0.15, 0.2) is 5.69 Å². The standard InChI is InChI=1S/C14H16N2O3/c1-4-19-11-6-5-10(7-8(11)2)12-9(3)15-16-13(12)14(17)18/h5-7H,4H2,1-3H3,(H,15,16)(H,17,18). The van der Waals surface area contributed by atoms with Crippen molar-refractivity contribution in [3.8, 4) is 16.9 Å². The van der Waals surface area contributed by atoms with E-state index in [2.05, 4.69) is 10.2 Å². The Bertz CT molecular complexity index is 617. The molecule has 2 rings (SSSR count). The van der Waals surface area contributed by atoms with Crippen LogP contribution in [-0.4, -0.2) is 27.9 Å². The molecule has 1 aromatic heterocycles. The second kappa shape index (κ2) is 5.14. The first-order chi connectivity index (χ1) is 9.04. The second-order valence-corrected chi connectivity index (χ2v) is 4.29. The second-order valence-electron chi connectivity index (χ2n) is 4.29. The minimum absolute atomic E-state index is 0.0426. The topological polar surface area (TPSA) is 75.2 Å². The van der Waals surface area contributed by atoms with Crippen LogP contribution in [0.4, 0.5) is 0 Å². The number of carboxylic acid groups (broad SMARTS) is 1. The molecule has 5 heteroatoms. The monoisotopic (exact) mass is 260 g/mol. The van der Waals surface area contributed by atoms with E-state index in [4.69, 9.17) is 9.84 Å². The van der Waals surface area contributed by atoms with E-state index in [9.17, 15) is 4.79 Å². The lowest BCUT2D eigenvalue weighted by Gasteiger charge is -2.09. The van der Waals surface area contributed by atoms with E-state index < -0.39 is 5.97 Å². The summed E-state index contributed by atoms with van der Waals surface area (Å²) in [6.07, 6.45) is 0. The minimum atomic E-state index is -1.04. The van der Waals surface area contributed by atoms with Crippen molar-refractivity contribution in [1.29, 1.82) is 0 Å². The molecule has 1 aromatic carbocycles. The number of rotatable bonds is 4. The van der Waals surface area contributed by atoms with E-state index >= 15 is 0 Å². The van der Waals surface area contributed by atoms with Gasteiger partial charge in [-0.15, -0.1) is 0 Å². The highest BCUT2D eigenvalue weighted by Crippen LogP contribution is 2.30. The summed E-state index contributed by atoms with van der Waals surface area (Å²) < 4.78 is 5.48. The molecule has 1 heterocycles. The van der Waals surface area contributed by atoms with Crippen molar-refractivity contribution in [2.75, 3.05) is 6.61 Å². The molecule has 0 aliphatic carbocycles. The van der Waals surface area contributed by atoms with Crippen molar-refractivity contribution in [2.45, 2.75) is 20.8 Å². The van der Waals surface area contributed by atoms with E-state index in [1.807, 2.05) is 32.0 Å². The predicted molar refractivity (Wildman–Crippen MR) is 71.6 cm³/mol. The van der Waals surface area contributed by atoms with E-state index in [0.29, 0.717) is 12.2 Å². The van der Waals surface area contributed by atoms with Crippen LogP contribution >= 0.6 is 0 Å². The van der Waals surface area contributed by atoms with Crippen LogP contribution in [0.15, 0.2) is 18.2 Å². The number of aromatic carboxylic acids is 1. The normalized spacial score (nSPS) is 10.5. The Hall–Kier alpha value is -2.30. The molecule has 0 fully saturated rings. The van der Waals surface area contributed by atoms with Gasteiger partial charge in [-0.2, -0.15) is 5.10 Å². The molecule has 2 N–H and O–H groups in total. The van der Waals surface area contributed by atoms with Gasteiger partial charge in [-0.3, -0.25) is 5.10 Å². The number of aromatic amines is 1. The number of ether oxygens (including phenoxy) is 1. The molecular weight excluding hydrogens is 244 g/mol. The molecule has 0 saturated carbocycles. The summed E-state index contributed by atoms with van der Waals surface area (Å²) in [5, 5.41) is 15.7. The van der Waals surface area contributed by atoms with Gasteiger partial charge < -0.3 is 9.84 Å². The molecule has 0 amide bonds. The highest BCUT2D eigenvalue weighted by molar-refractivity contribution is 5.94. The summed E-state index contributed by atoms with van der Waals surface area (Å²) in [7, 11) is 0. The van der Waals surface area contributed by atoms with Crippen molar-refractivity contribution >= 4 is 5.97 Å². The summed E-state index contributed by atoms with van der Waals surface area (Å²) in [5.74, 6) is -0.227. The van der Waals surface area contributed by atoms with Gasteiger partial charge in [-0.1, -0.05) is 6.07 Å². The Balaban J connectivity index is 2.51. The van der Waals surface area contributed by atoms with Crippen LogP contribution in [0.25, 0.3) is 11.1 Å². The van der Waals surface area contributed by atoms with Gasteiger partial charge in [-0.25, -0.2) is 4.79 Å². The highest BCUT2D eigenvalue weighted by Gasteiger charge is 2.18. The predicted octanol–water partition coefficient (Wildman–Crippen LogP) is 2.79. The van der Waals surface area contributed by atoms with Crippen molar-refractivity contribution < 1.29 is 14.6 Å². The third-order valence-electron chi connectivity index (χ3n) is 2.91. The molecule has 0 bridgehead atoms. The Kier molecular flexibility index (Phi) is 3.55. The molecule has 19 heavy (non-hydrogen) atoms. The number of aromatic nitrogens is 2. The van der Waals surface area contributed by atoms with Crippen molar-refractivity contribution in [1.82, 2.24) is 10.2 Å². The quantitative estimate of drug-likeness (QED) is 0.886. The highest BCUT2D eigenvalue weighted by atomic mass is 16.5. The first-order valence-corrected chi connectivity index (χ1v) is 6.06. The fraction of sp³-hybridized carbons (Fsp3) is 0.286. The van der Waals surface area contributed by atoms with E-state index in [1.54, 1.807) is 6.92 Å². The average Bonchev–Trinajstić information content (AvgIpc) is 2.74. The molecule has 0 aliphatic rings. The summed E-state index contributed by atoms with van der Waals surface area (Å²) in [4.78, 5) is 11.2. The lowest BCUT2D eigenvalue weighted by Crippen LogP contribution is -2.00. The number of nitrogens with one attached hydrogen (secondary N) is 1. The minimum Gasteiger partial charge on any atom is -0.494 e. The molecule has 0 saturated heterocycles. The number of hydrogen-bond donors (Lipinski definition) is 2. The first-order valence-electron chi connectivity index (χ1n) is 6.06. The molecule has 2 aromatic rings. The molecule has 100 valence electrons. The van der Waals surface area contributed by atoms with Crippen LogP contribution < -0.4 is 4.74 Å². The molecule has 0 unspecified atom stereocenters. The number of benzene rings is 1. The third kappa shape index (κ3) is 2.45. The zero-order valence-corrected chi connectivity index (χ0v) is 11.2. The fourth-order valence-electron chi connectivity index (χ4n) is 2.06. The summed E-state index contributed by atoms with van der Waals surface area (Å²) in [6.45, 7) is 6.27. The zero-order valence-electron chi connectivity index (χ0n) is 11.2. The van der Waals surface area contributed by atoms with Gasteiger partial charge in [0.25, 0.3) is 0 Å². The van der Waals surface area contributed by atoms with Gasteiger partial charge in [0.1, 0.15) is 5.75 Å². The molecule has 0 spiro atoms. The largest absolute Gasteiger partial charge is 0.494 e. The Morgan fingerprint density at radius 2 is 2.16 bits per heavy atom. The molecule has 0 aliphatic heterocycles. The SMILES string of the molecule is CCOc1ccc(-c2c(C(=O)O)n[nH]c2C)cc1C. The van der Waals surface area contributed by atoms with Gasteiger partial charge in [0.2, 0.25) is 0 Å². The maximum atomic E-state index is 11.2. The Morgan fingerprint density at radius 1 is 1.42 bits per heavy atom. The van der Waals surface area contributed by atoms with E-state index in [1.165, 1.54) is 0 Å². The van der Waals surface area contributed by atoms with E-state index in [0.717, 1.165) is 22.6 Å². The van der Waals surface area contributed by atoms with Crippen molar-refractivity contribution in [3.63, 3.8) is 0 Å². The third-order valence-corrected chi connectivity index (χ3v) is 2.91. The maximum Gasteiger partial charge on any atom is 0.357 e. The van der Waals surface area contributed by atoms with Crippen LogP contribution in [0, 0.1) is 13.8 Å². The fourth-order valence-corrected chi connectivity index (χ4v) is 2.06. The van der Waals surface area contributed by atoms with E-state index in [-0.39, 0.29) is 5.69 Å². The van der Waals surface area contributed by atoms with Gasteiger partial charge in [0.05, 0.1) is 6.61 Å². The van der Waals surface area contributed by atoms with Gasteiger partial charge in [-0.05, 0) is 44.0 Å². The molecular formula is C14H16N2O3. The number of aryl methyl sites for hydroxylation is 2. The molecule has 5 nitrogen and oxygen atoms in total. The Morgan fingerprint density at radius 3 is 2.74 bits per heavy atom. The van der Waals surface area contributed by atoms with Crippen molar-refractivity contribution in [3.05, 3.63) is 35.2 Å². The first kappa shape index (κ1) is 13.1. The lowest BCUT2D eigenvalue weighted by molar-refractivity contribution is 0.0691. The van der Waals surface area contributed by atoms with Crippen LogP contribution in [0.2, 0.25) is 0 Å². The Labute approximate surface area is 111 Å². The average molecular weight is 260 g/mol. The number of carbonyl (C=O) groups is 1. The summed E-state index contributed by atoms with van der Waals surface area (Å²) in [6, 6.07) is 5.61. The number of H-pyrrole nitrogens is 1. The van der Waals surface area contributed by atoms with Crippen LogP contribution in [0.3, 0.4) is 0 Å². The number of hydrogen-bond acceptors (Lipinski definition) is 3. The van der Waals surface area contributed by atoms with Crippen molar-refractivity contribution in [2.24, 2.45) is 0 Å². The molecule has 0 radical (unpaired) electrons. The lowest BCUT2D eigenvalue weighted by atomic mass is 10.0. The van der Waals surface area contributed by atoms with Gasteiger partial charge in [0, 0.05) is 11.3 Å². The maximum absolute atomic E-state index is 11.2. The number of carboxylic acids is 1. The van der Waals surface area contributed by atoms with Crippen LogP contribution in [0.1, 0.15) is 28.7 Å².